The number of benzene rings is 1. The molecule has 0 aliphatic heterocycles. The summed E-state index contributed by atoms with van der Waals surface area (Å²) in [6, 6.07) is 5.97. The van der Waals surface area contributed by atoms with Gasteiger partial charge in [-0.15, -0.1) is 0 Å². The number of alkyl halides is 10. The Hall–Kier alpha value is 2.12. The first-order valence-corrected chi connectivity index (χ1v) is 8.49. The van der Waals surface area contributed by atoms with E-state index in [2.05, 4.69) is 0 Å². The minimum absolute atomic E-state index is 0.234. The number of hydrogen-bond acceptors (Lipinski definition) is 0. The Balaban J connectivity index is 3.36. The average molecular weight is 479 g/mol. The Morgan fingerprint density at radius 1 is 0.550 bits per heavy atom. The number of rotatable bonds is 2. The van der Waals surface area contributed by atoms with Crippen molar-refractivity contribution in [2.75, 3.05) is 0 Å². The highest BCUT2D eigenvalue weighted by atomic mass is 35.6. The summed E-state index contributed by atoms with van der Waals surface area (Å²) in [6.07, 6.45) is 0. The van der Waals surface area contributed by atoms with Gasteiger partial charge in [0, 0.05) is 0 Å². The third kappa shape index (κ3) is 4.15. The van der Waals surface area contributed by atoms with E-state index in [-0.39, 0.29) is 11.1 Å². The molecule has 0 heterocycles. The molecular weight excluding hydrogens is 475 g/mol. The maximum atomic E-state index is 6.06. The normalized spacial score (nSPS) is 14.5. The largest absolute Gasteiger partial charge is 0.227 e. The molecule has 0 radical (unpaired) electrons. The Kier molecular flexibility index (Phi) is 6.61. The fraction of sp³-hybridized carbons (Fsp3) is 0.400. The second kappa shape index (κ2) is 6.55. The third-order valence-electron chi connectivity index (χ3n) is 2.30. The first-order chi connectivity index (χ1) is 8.71. The van der Waals surface area contributed by atoms with Gasteiger partial charge in [0.15, 0.2) is 8.67 Å². The molecule has 0 aliphatic rings. The van der Waals surface area contributed by atoms with Crippen LogP contribution in [0.4, 0.5) is 0 Å². The highest BCUT2D eigenvalue weighted by Crippen LogP contribution is 2.56. The van der Waals surface area contributed by atoms with Gasteiger partial charge in [0.05, 0.1) is 0 Å². The number of hydrogen-bond donors (Lipinski definition) is 0. The molecule has 0 nitrogen and oxygen atoms in total. The van der Waals surface area contributed by atoms with Gasteiger partial charge in [-0.3, -0.25) is 0 Å². The molecule has 0 spiro atoms. The summed E-state index contributed by atoms with van der Waals surface area (Å²) in [5.41, 5.74) is 0.469. The summed E-state index contributed by atoms with van der Waals surface area (Å²) >= 11 is 58.7. The molecule has 0 fully saturated rings. The lowest BCUT2D eigenvalue weighted by Gasteiger charge is -2.31. The van der Waals surface area contributed by atoms with Crippen LogP contribution in [0, 0.1) is 0 Å². The minimum Gasteiger partial charge on any atom is -0.0915 e. The van der Waals surface area contributed by atoms with Gasteiger partial charge in [-0.2, -0.15) is 0 Å². The van der Waals surface area contributed by atoms with Gasteiger partial charge in [-0.25, -0.2) is 0 Å². The van der Waals surface area contributed by atoms with Crippen LogP contribution in [0.1, 0.15) is 11.1 Å². The van der Waals surface area contributed by atoms with E-state index in [4.69, 9.17) is 116 Å². The highest BCUT2D eigenvalue weighted by Gasteiger charge is 2.50. The van der Waals surface area contributed by atoms with Crippen LogP contribution in [0.25, 0.3) is 0 Å². The van der Waals surface area contributed by atoms with Crippen molar-refractivity contribution < 1.29 is 0 Å². The predicted octanol–water partition coefficient (Wildman–Crippen LogP) is 7.69. The van der Waals surface area contributed by atoms with Gasteiger partial charge in [0.2, 0.25) is 7.59 Å². The summed E-state index contributed by atoms with van der Waals surface area (Å²) in [6.45, 7) is 0. The smallest absolute Gasteiger partial charge is 0.0915 e. The van der Waals surface area contributed by atoms with Crippen LogP contribution in [-0.2, 0) is 8.67 Å². The Bertz CT molecular complexity index is 440. The SMILES string of the molecule is ClC(Cl)(Cl)C(Cl)(Cl)c1cccc(C(Cl)(Cl)C(Cl)(Cl)Cl)c1. The summed E-state index contributed by atoms with van der Waals surface area (Å²) in [7, 11) is 0. The van der Waals surface area contributed by atoms with E-state index in [9.17, 15) is 0 Å². The molecule has 1 rings (SSSR count). The molecule has 10 heteroatoms. The van der Waals surface area contributed by atoms with E-state index in [0.29, 0.717) is 0 Å². The van der Waals surface area contributed by atoms with Gasteiger partial charge in [-0.05, 0) is 17.2 Å². The zero-order chi connectivity index (χ0) is 16.0. The summed E-state index contributed by atoms with van der Waals surface area (Å²) < 4.78 is -7.66. The maximum Gasteiger partial charge on any atom is 0.227 e. The fourth-order valence-corrected chi connectivity index (χ4v) is 2.36. The second-order valence-corrected chi connectivity index (χ2v) is 10.9. The molecule has 0 N–H and O–H groups in total. The van der Waals surface area contributed by atoms with Crippen molar-refractivity contribution in [3.8, 4) is 0 Å². The molecular formula is C10H4Cl10. The molecule has 1 aromatic carbocycles. The van der Waals surface area contributed by atoms with Gasteiger partial charge >= 0.3 is 0 Å². The first-order valence-electron chi connectivity index (χ1n) is 4.71. The lowest BCUT2D eigenvalue weighted by atomic mass is 10.1. The quantitative estimate of drug-likeness (QED) is 0.382. The molecule has 0 aromatic heterocycles. The lowest BCUT2D eigenvalue weighted by Crippen LogP contribution is -2.31. The van der Waals surface area contributed by atoms with E-state index in [0.717, 1.165) is 0 Å². The van der Waals surface area contributed by atoms with Crippen LogP contribution in [0.5, 0.6) is 0 Å². The zero-order valence-electron chi connectivity index (χ0n) is 9.09. The minimum atomic E-state index is -1.99. The second-order valence-electron chi connectivity index (χ2n) is 3.73. The summed E-state index contributed by atoms with van der Waals surface area (Å²) in [5, 5.41) is 0. The van der Waals surface area contributed by atoms with Crippen molar-refractivity contribution in [1.82, 2.24) is 0 Å². The van der Waals surface area contributed by atoms with E-state index in [1.165, 1.54) is 24.3 Å². The van der Waals surface area contributed by atoms with Crippen LogP contribution in [0.3, 0.4) is 0 Å². The lowest BCUT2D eigenvalue weighted by molar-refractivity contribution is 0.845. The number of halogens is 10. The zero-order valence-corrected chi connectivity index (χ0v) is 16.6. The van der Waals surface area contributed by atoms with Crippen molar-refractivity contribution in [1.29, 1.82) is 0 Å². The molecule has 0 bridgehead atoms. The molecule has 1 aromatic rings. The fourth-order valence-electron chi connectivity index (χ4n) is 1.24. The van der Waals surface area contributed by atoms with E-state index in [1.54, 1.807) is 0 Å². The average Bonchev–Trinajstić information content (AvgIpc) is 2.26. The van der Waals surface area contributed by atoms with E-state index in [1.807, 2.05) is 0 Å². The molecule has 0 atom stereocenters. The van der Waals surface area contributed by atoms with Crippen molar-refractivity contribution >= 4 is 116 Å². The topological polar surface area (TPSA) is 0 Å². The molecule has 20 heavy (non-hydrogen) atoms. The Labute approximate surface area is 166 Å². The monoisotopic (exact) mass is 474 g/mol. The molecule has 0 unspecified atom stereocenters. The summed E-state index contributed by atoms with van der Waals surface area (Å²) in [5.74, 6) is 0. The van der Waals surface area contributed by atoms with Crippen molar-refractivity contribution in [3.05, 3.63) is 35.4 Å². The predicted molar refractivity (Wildman–Crippen MR) is 93.8 cm³/mol. The van der Waals surface area contributed by atoms with E-state index >= 15 is 0 Å². The van der Waals surface area contributed by atoms with Gasteiger partial charge in [0.1, 0.15) is 0 Å². The third-order valence-corrected chi connectivity index (χ3v) is 7.17. The van der Waals surface area contributed by atoms with Crippen molar-refractivity contribution in [2.45, 2.75) is 16.3 Å². The van der Waals surface area contributed by atoms with Gasteiger partial charge < -0.3 is 0 Å². The van der Waals surface area contributed by atoms with Gasteiger partial charge in [-0.1, -0.05) is 134 Å². The molecule has 0 saturated carbocycles. The molecule has 0 saturated heterocycles. The Morgan fingerprint density at radius 2 is 0.850 bits per heavy atom. The van der Waals surface area contributed by atoms with Crippen LogP contribution in [0.15, 0.2) is 24.3 Å². The van der Waals surface area contributed by atoms with Crippen LogP contribution in [0.2, 0.25) is 0 Å². The molecule has 0 amide bonds. The summed E-state index contributed by atoms with van der Waals surface area (Å²) in [4.78, 5) is 0. The van der Waals surface area contributed by atoms with E-state index < -0.39 is 16.3 Å². The standard InChI is InChI=1S/C10H4Cl10/c11-7(12,9(15,16)17)5-2-1-3-6(4-5)8(13,14)10(18,19)20/h1-4H. The van der Waals surface area contributed by atoms with Crippen LogP contribution < -0.4 is 0 Å². The first kappa shape index (κ1) is 20.2. The molecule has 0 aliphatic carbocycles. The highest BCUT2D eigenvalue weighted by molar-refractivity contribution is 6.76. The van der Waals surface area contributed by atoms with Crippen molar-refractivity contribution in [3.63, 3.8) is 0 Å². The van der Waals surface area contributed by atoms with Crippen LogP contribution in [-0.4, -0.2) is 7.59 Å². The van der Waals surface area contributed by atoms with Crippen molar-refractivity contribution in [2.24, 2.45) is 0 Å². The van der Waals surface area contributed by atoms with Crippen LogP contribution >= 0.6 is 116 Å². The maximum absolute atomic E-state index is 6.06. The Morgan fingerprint density at radius 3 is 1.10 bits per heavy atom. The molecule has 114 valence electrons. The van der Waals surface area contributed by atoms with Gasteiger partial charge in [0.25, 0.3) is 0 Å².